The number of imidazole rings is 1. The van der Waals surface area contributed by atoms with E-state index in [1.54, 1.807) is 28.2 Å². The van der Waals surface area contributed by atoms with Gasteiger partial charge in [-0.05, 0) is 18.9 Å². The highest BCUT2D eigenvalue weighted by molar-refractivity contribution is 5.92. The molecule has 23 heavy (non-hydrogen) atoms. The van der Waals surface area contributed by atoms with Crippen molar-refractivity contribution in [2.45, 2.75) is 25.3 Å². The van der Waals surface area contributed by atoms with Crippen molar-refractivity contribution < 1.29 is 14.7 Å². The van der Waals surface area contributed by atoms with Gasteiger partial charge in [-0.3, -0.25) is 14.3 Å². The Balaban J connectivity index is 1.75. The first-order chi connectivity index (χ1) is 11.0. The van der Waals surface area contributed by atoms with Crippen LogP contribution in [0.4, 0.5) is 0 Å². The Bertz CT molecular complexity index is 720. The Morgan fingerprint density at radius 2 is 2.26 bits per heavy atom. The Hall–Kier alpha value is -2.64. The van der Waals surface area contributed by atoms with Crippen molar-refractivity contribution in [3.05, 3.63) is 36.2 Å². The number of amides is 1. The van der Waals surface area contributed by atoms with Crippen LogP contribution in [0.15, 0.2) is 24.8 Å². The largest absolute Gasteiger partial charge is 0.480 e. The molecule has 3 heterocycles. The number of hydrogen-bond donors (Lipinski definition) is 1. The molecule has 0 bridgehead atoms. The van der Waals surface area contributed by atoms with Crippen LogP contribution in [0.5, 0.6) is 0 Å². The van der Waals surface area contributed by atoms with Crippen molar-refractivity contribution >= 4 is 11.9 Å². The molecule has 1 aliphatic rings. The molecule has 1 atom stereocenters. The molecule has 0 aliphatic carbocycles. The number of aromatic nitrogens is 4. The van der Waals surface area contributed by atoms with Crippen molar-refractivity contribution in [1.29, 1.82) is 0 Å². The standard InChI is InChI=1S/C15H19N5O3/c1-18-8-12(16-10-18)15(23)19-6-2-3-11(7-19)13-4-5-17-20(13)9-14(21)22/h4-5,8,10-11H,2-3,6-7,9H2,1H3,(H,21,22)/t11-/m1/s1. The number of carboxylic acid groups (broad SMARTS) is 1. The minimum Gasteiger partial charge on any atom is -0.480 e. The molecular weight excluding hydrogens is 298 g/mol. The van der Waals surface area contributed by atoms with E-state index in [2.05, 4.69) is 10.1 Å². The number of piperidine rings is 1. The lowest BCUT2D eigenvalue weighted by molar-refractivity contribution is -0.137. The molecule has 1 aliphatic heterocycles. The fourth-order valence-electron chi connectivity index (χ4n) is 3.04. The van der Waals surface area contributed by atoms with Gasteiger partial charge in [0, 0.05) is 44.1 Å². The van der Waals surface area contributed by atoms with Crippen LogP contribution in [0.2, 0.25) is 0 Å². The lowest BCUT2D eigenvalue weighted by Gasteiger charge is -2.32. The predicted molar refractivity (Wildman–Crippen MR) is 80.9 cm³/mol. The minimum absolute atomic E-state index is 0.0837. The van der Waals surface area contributed by atoms with E-state index < -0.39 is 5.97 Å². The van der Waals surface area contributed by atoms with Gasteiger partial charge >= 0.3 is 5.97 Å². The summed E-state index contributed by atoms with van der Waals surface area (Å²) in [6.07, 6.45) is 6.72. The first kappa shape index (κ1) is 15.3. The van der Waals surface area contributed by atoms with E-state index in [1.807, 2.05) is 13.1 Å². The molecular formula is C15H19N5O3. The van der Waals surface area contributed by atoms with Crippen molar-refractivity contribution in [1.82, 2.24) is 24.2 Å². The Kier molecular flexibility index (Phi) is 4.14. The number of aryl methyl sites for hydroxylation is 1. The summed E-state index contributed by atoms with van der Waals surface area (Å²) in [5.41, 5.74) is 1.30. The molecule has 0 spiro atoms. The quantitative estimate of drug-likeness (QED) is 0.897. The maximum Gasteiger partial charge on any atom is 0.325 e. The summed E-state index contributed by atoms with van der Waals surface area (Å²) in [5, 5.41) is 13.0. The summed E-state index contributed by atoms with van der Waals surface area (Å²) in [5.74, 6) is -0.912. The predicted octanol–water partition coefficient (Wildman–Crippen LogP) is 0.721. The topological polar surface area (TPSA) is 93.3 Å². The van der Waals surface area contributed by atoms with Crippen LogP contribution in [-0.4, -0.2) is 54.3 Å². The van der Waals surface area contributed by atoms with E-state index in [-0.39, 0.29) is 18.4 Å². The van der Waals surface area contributed by atoms with Gasteiger partial charge in [-0.15, -0.1) is 0 Å². The highest BCUT2D eigenvalue weighted by atomic mass is 16.4. The van der Waals surface area contributed by atoms with Crippen molar-refractivity contribution in [2.75, 3.05) is 13.1 Å². The zero-order chi connectivity index (χ0) is 16.4. The van der Waals surface area contributed by atoms with Crippen LogP contribution in [0, 0.1) is 0 Å². The second-order valence-electron chi connectivity index (χ2n) is 5.82. The Morgan fingerprint density at radius 3 is 2.96 bits per heavy atom. The molecule has 2 aromatic rings. The molecule has 0 radical (unpaired) electrons. The summed E-state index contributed by atoms with van der Waals surface area (Å²) >= 11 is 0. The third kappa shape index (κ3) is 3.25. The van der Waals surface area contributed by atoms with Gasteiger partial charge in [-0.25, -0.2) is 4.98 Å². The van der Waals surface area contributed by atoms with Crippen LogP contribution in [0.3, 0.4) is 0 Å². The number of carboxylic acids is 1. The van der Waals surface area contributed by atoms with E-state index in [0.717, 1.165) is 18.5 Å². The van der Waals surface area contributed by atoms with Crippen LogP contribution < -0.4 is 0 Å². The molecule has 0 aromatic carbocycles. The number of carbonyl (C=O) groups excluding carboxylic acids is 1. The van der Waals surface area contributed by atoms with Gasteiger partial charge < -0.3 is 14.6 Å². The van der Waals surface area contributed by atoms with Gasteiger partial charge in [0.2, 0.25) is 0 Å². The lowest BCUT2D eigenvalue weighted by atomic mass is 9.94. The highest BCUT2D eigenvalue weighted by Crippen LogP contribution is 2.27. The summed E-state index contributed by atoms with van der Waals surface area (Å²) in [4.78, 5) is 29.3. The molecule has 1 N–H and O–H groups in total. The van der Waals surface area contributed by atoms with Gasteiger partial charge in [0.05, 0.1) is 6.33 Å². The first-order valence-electron chi connectivity index (χ1n) is 7.55. The Labute approximate surface area is 133 Å². The number of carbonyl (C=O) groups is 2. The zero-order valence-electron chi connectivity index (χ0n) is 12.9. The van der Waals surface area contributed by atoms with E-state index in [1.165, 1.54) is 4.68 Å². The second kappa shape index (κ2) is 6.23. The molecule has 0 unspecified atom stereocenters. The van der Waals surface area contributed by atoms with Crippen LogP contribution in [-0.2, 0) is 18.4 Å². The fourth-order valence-corrected chi connectivity index (χ4v) is 3.04. The Morgan fingerprint density at radius 1 is 1.43 bits per heavy atom. The molecule has 1 fully saturated rings. The molecule has 0 saturated carbocycles. The number of hydrogen-bond acceptors (Lipinski definition) is 4. The first-order valence-corrected chi connectivity index (χ1v) is 7.55. The van der Waals surface area contributed by atoms with Crippen molar-refractivity contribution in [2.24, 2.45) is 7.05 Å². The average molecular weight is 317 g/mol. The van der Waals surface area contributed by atoms with Gasteiger partial charge in [0.1, 0.15) is 12.2 Å². The van der Waals surface area contributed by atoms with E-state index in [4.69, 9.17) is 5.11 Å². The number of likely N-dealkylation sites (tertiary alicyclic amines) is 1. The molecule has 1 amide bonds. The van der Waals surface area contributed by atoms with Gasteiger partial charge in [0.15, 0.2) is 0 Å². The maximum atomic E-state index is 12.5. The average Bonchev–Trinajstić information content (AvgIpc) is 3.15. The van der Waals surface area contributed by atoms with Crippen LogP contribution in [0.25, 0.3) is 0 Å². The van der Waals surface area contributed by atoms with Gasteiger partial charge in [-0.2, -0.15) is 5.10 Å². The molecule has 2 aromatic heterocycles. The summed E-state index contributed by atoms with van der Waals surface area (Å²) in [7, 11) is 1.83. The smallest absolute Gasteiger partial charge is 0.325 e. The zero-order valence-corrected chi connectivity index (χ0v) is 12.9. The molecule has 8 nitrogen and oxygen atoms in total. The maximum absolute atomic E-state index is 12.5. The molecule has 8 heteroatoms. The number of nitrogens with zero attached hydrogens (tertiary/aromatic N) is 5. The van der Waals surface area contributed by atoms with Crippen molar-refractivity contribution in [3.8, 4) is 0 Å². The number of aliphatic carboxylic acids is 1. The van der Waals surface area contributed by atoms with Gasteiger partial charge in [0.25, 0.3) is 5.91 Å². The highest BCUT2D eigenvalue weighted by Gasteiger charge is 2.28. The number of rotatable bonds is 4. The normalized spacial score (nSPS) is 18.1. The monoisotopic (exact) mass is 317 g/mol. The van der Waals surface area contributed by atoms with Crippen molar-refractivity contribution in [3.63, 3.8) is 0 Å². The SMILES string of the molecule is Cn1cnc(C(=O)N2CCC[C@@H](c3ccnn3CC(=O)O)C2)c1. The summed E-state index contributed by atoms with van der Waals surface area (Å²) < 4.78 is 3.25. The van der Waals surface area contributed by atoms with Crippen LogP contribution in [0.1, 0.15) is 34.9 Å². The van der Waals surface area contributed by atoms with E-state index in [9.17, 15) is 9.59 Å². The molecule has 1 saturated heterocycles. The van der Waals surface area contributed by atoms with E-state index in [0.29, 0.717) is 18.8 Å². The summed E-state index contributed by atoms with van der Waals surface area (Å²) in [6, 6.07) is 1.84. The van der Waals surface area contributed by atoms with Gasteiger partial charge in [-0.1, -0.05) is 0 Å². The molecule has 122 valence electrons. The molecule has 3 rings (SSSR count). The third-order valence-electron chi connectivity index (χ3n) is 4.09. The summed E-state index contributed by atoms with van der Waals surface area (Å²) in [6.45, 7) is 1.09. The van der Waals surface area contributed by atoms with E-state index >= 15 is 0 Å². The lowest BCUT2D eigenvalue weighted by Crippen LogP contribution is -2.39. The fraction of sp³-hybridized carbons (Fsp3) is 0.467. The minimum atomic E-state index is -0.924. The van der Waals surface area contributed by atoms with Crippen LogP contribution >= 0.6 is 0 Å². The third-order valence-corrected chi connectivity index (χ3v) is 4.09. The second-order valence-corrected chi connectivity index (χ2v) is 5.82.